The Morgan fingerprint density at radius 2 is 1.83 bits per heavy atom. The minimum Gasteiger partial charge on any atom is -0.394 e. The predicted octanol–water partition coefficient (Wildman–Crippen LogP) is 2.94. The third kappa shape index (κ3) is 6.60. The Labute approximate surface area is 245 Å². The number of aromatic nitrogens is 4. The molecule has 2 aliphatic heterocycles. The summed E-state index contributed by atoms with van der Waals surface area (Å²) in [5, 5.41) is 37.3. The van der Waals surface area contributed by atoms with Crippen LogP contribution >= 0.6 is 0 Å². The highest BCUT2D eigenvalue weighted by Gasteiger charge is 2.33. The lowest BCUT2D eigenvalue weighted by molar-refractivity contribution is 0.0377. The van der Waals surface area contributed by atoms with Gasteiger partial charge >= 0.3 is 0 Å². The van der Waals surface area contributed by atoms with E-state index in [0.717, 1.165) is 17.1 Å². The van der Waals surface area contributed by atoms with Gasteiger partial charge in [0.05, 0.1) is 60.1 Å². The number of ether oxygens (including phenoxy) is 2. The molecular formula is C30H38N8O4. The van der Waals surface area contributed by atoms with Gasteiger partial charge in [0.2, 0.25) is 5.95 Å². The molecule has 2 saturated heterocycles. The molecule has 12 heteroatoms. The zero-order valence-electron chi connectivity index (χ0n) is 24.3. The van der Waals surface area contributed by atoms with Crippen LogP contribution in [0, 0.1) is 18.3 Å². The van der Waals surface area contributed by atoms with Crippen LogP contribution in [0.3, 0.4) is 0 Å². The second-order valence-electron chi connectivity index (χ2n) is 11.3. The lowest BCUT2D eigenvalue weighted by Crippen LogP contribution is -2.47. The molecule has 5 rings (SSSR count). The van der Waals surface area contributed by atoms with Crippen LogP contribution < -0.4 is 15.5 Å². The first-order valence-corrected chi connectivity index (χ1v) is 14.2. The van der Waals surface area contributed by atoms with Gasteiger partial charge in [-0.1, -0.05) is 0 Å². The van der Waals surface area contributed by atoms with Crippen LogP contribution in [0.15, 0.2) is 36.7 Å². The van der Waals surface area contributed by atoms with Gasteiger partial charge < -0.3 is 35.2 Å². The maximum absolute atomic E-state index is 11.0. The van der Waals surface area contributed by atoms with Gasteiger partial charge in [0.1, 0.15) is 5.82 Å². The van der Waals surface area contributed by atoms with Crippen molar-refractivity contribution < 1.29 is 19.7 Å². The van der Waals surface area contributed by atoms with Crippen LogP contribution in [0.4, 0.5) is 17.5 Å². The van der Waals surface area contributed by atoms with Crippen LogP contribution in [0.5, 0.6) is 0 Å². The number of nitriles is 1. The van der Waals surface area contributed by atoms with Crippen LogP contribution in [-0.2, 0) is 14.9 Å². The summed E-state index contributed by atoms with van der Waals surface area (Å²) in [7, 11) is 0. The molecule has 3 aromatic heterocycles. The maximum atomic E-state index is 11.0. The molecule has 0 bridgehead atoms. The van der Waals surface area contributed by atoms with Crippen molar-refractivity contribution in [1.82, 2.24) is 19.9 Å². The number of aliphatic hydroxyl groups excluding tert-OH is 2. The molecule has 0 radical (unpaired) electrons. The molecule has 12 nitrogen and oxygen atoms in total. The Kier molecular flexibility index (Phi) is 8.84. The molecular weight excluding hydrogens is 536 g/mol. The second-order valence-corrected chi connectivity index (χ2v) is 11.3. The smallest absolute Gasteiger partial charge is 0.225 e. The van der Waals surface area contributed by atoms with E-state index in [1.807, 2.05) is 19.1 Å². The minimum absolute atomic E-state index is 0.0585. The lowest BCUT2D eigenvalue weighted by Gasteiger charge is -2.36. The zero-order chi connectivity index (χ0) is 29.7. The van der Waals surface area contributed by atoms with Crippen LogP contribution in [0.25, 0.3) is 11.3 Å². The van der Waals surface area contributed by atoms with E-state index in [-0.39, 0.29) is 6.61 Å². The summed E-state index contributed by atoms with van der Waals surface area (Å²) in [5.74, 6) is 1.18. The summed E-state index contributed by atoms with van der Waals surface area (Å²) in [6.45, 7) is 9.16. The van der Waals surface area contributed by atoms with E-state index < -0.39 is 17.2 Å². The summed E-state index contributed by atoms with van der Waals surface area (Å²) < 4.78 is 11.1. The van der Waals surface area contributed by atoms with Crippen molar-refractivity contribution in [2.75, 3.05) is 61.7 Å². The van der Waals surface area contributed by atoms with Crippen molar-refractivity contribution >= 4 is 17.5 Å². The number of aryl methyl sites for hydroxylation is 1. The van der Waals surface area contributed by atoms with Gasteiger partial charge in [-0.05, 0) is 51.8 Å². The molecule has 4 N–H and O–H groups in total. The van der Waals surface area contributed by atoms with Gasteiger partial charge in [-0.25, -0.2) is 4.98 Å². The summed E-state index contributed by atoms with van der Waals surface area (Å²) in [6, 6.07) is 9.53. The highest BCUT2D eigenvalue weighted by Crippen LogP contribution is 2.31. The van der Waals surface area contributed by atoms with Gasteiger partial charge in [-0.15, -0.1) is 0 Å². The first-order chi connectivity index (χ1) is 20.2. The number of hydrogen-bond donors (Lipinski definition) is 4. The fourth-order valence-corrected chi connectivity index (χ4v) is 5.03. The average molecular weight is 575 g/mol. The Morgan fingerprint density at radius 3 is 2.55 bits per heavy atom. The number of pyridine rings is 2. The third-order valence-corrected chi connectivity index (χ3v) is 7.86. The molecule has 1 atom stereocenters. The van der Waals surface area contributed by atoms with Crippen LogP contribution in [-0.4, -0.2) is 81.8 Å². The quantitative estimate of drug-likeness (QED) is 0.277. The first-order valence-electron chi connectivity index (χ1n) is 14.2. The molecule has 2 fully saturated rings. The van der Waals surface area contributed by atoms with E-state index >= 15 is 0 Å². The Bertz CT molecular complexity index is 1430. The summed E-state index contributed by atoms with van der Waals surface area (Å²) in [6.07, 6.45) is 3.49. The molecule has 3 aromatic rings. The van der Waals surface area contributed by atoms with E-state index in [4.69, 9.17) is 19.4 Å². The van der Waals surface area contributed by atoms with Crippen molar-refractivity contribution in [2.45, 2.75) is 50.8 Å². The van der Waals surface area contributed by atoms with Gasteiger partial charge in [0.15, 0.2) is 6.23 Å². The normalized spacial score (nSPS) is 17.8. The average Bonchev–Trinajstić information content (AvgIpc) is 3.02. The second kappa shape index (κ2) is 12.5. The molecule has 0 amide bonds. The van der Waals surface area contributed by atoms with Gasteiger partial charge in [0.25, 0.3) is 0 Å². The minimum atomic E-state index is -1.05. The van der Waals surface area contributed by atoms with Crippen molar-refractivity contribution in [3.05, 3.63) is 53.6 Å². The van der Waals surface area contributed by atoms with Crippen molar-refractivity contribution in [1.29, 1.82) is 5.26 Å². The molecule has 42 heavy (non-hydrogen) atoms. The SMILES string of the molecule is Cc1ncc(NC(O)c2ccnc(C(C)(C)C#N)c2)cc1-c1cc(N2CCOCC2)nc(NC2(CO)CCOCC2)n1. The Morgan fingerprint density at radius 1 is 1.10 bits per heavy atom. The van der Waals surface area contributed by atoms with Crippen molar-refractivity contribution in [2.24, 2.45) is 0 Å². The van der Waals surface area contributed by atoms with E-state index in [9.17, 15) is 15.5 Å². The zero-order valence-corrected chi connectivity index (χ0v) is 24.3. The topological polar surface area (TPSA) is 162 Å². The third-order valence-electron chi connectivity index (χ3n) is 7.86. The number of morpholine rings is 1. The highest BCUT2D eigenvalue weighted by atomic mass is 16.5. The Balaban J connectivity index is 1.47. The number of anilines is 3. The molecule has 0 saturated carbocycles. The fourth-order valence-electron chi connectivity index (χ4n) is 5.03. The van der Waals surface area contributed by atoms with E-state index in [1.54, 1.807) is 38.4 Å². The number of aliphatic hydroxyl groups is 2. The van der Waals surface area contributed by atoms with Crippen LogP contribution in [0.1, 0.15) is 49.9 Å². The van der Waals surface area contributed by atoms with Gasteiger partial charge in [-0.3, -0.25) is 9.97 Å². The fraction of sp³-hybridized carbons (Fsp3) is 0.500. The first kappa shape index (κ1) is 29.6. The lowest BCUT2D eigenvalue weighted by atomic mass is 9.90. The number of rotatable bonds is 9. The molecule has 0 aromatic carbocycles. The summed E-state index contributed by atoms with van der Waals surface area (Å²) >= 11 is 0. The van der Waals surface area contributed by atoms with E-state index in [1.165, 1.54) is 0 Å². The van der Waals surface area contributed by atoms with Gasteiger partial charge in [-0.2, -0.15) is 10.2 Å². The summed E-state index contributed by atoms with van der Waals surface area (Å²) in [5.41, 5.74) is 2.61. The van der Waals surface area contributed by atoms with Crippen molar-refractivity contribution in [3.8, 4) is 17.3 Å². The van der Waals surface area contributed by atoms with E-state index in [2.05, 4.69) is 31.6 Å². The van der Waals surface area contributed by atoms with E-state index in [0.29, 0.717) is 80.9 Å². The molecule has 0 aliphatic carbocycles. The number of nitrogens with zero attached hydrogens (tertiary/aromatic N) is 6. The maximum Gasteiger partial charge on any atom is 0.225 e. The molecule has 1 unspecified atom stereocenters. The molecule has 2 aliphatic rings. The predicted molar refractivity (Wildman–Crippen MR) is 158 cm³/mol. The molecule has 0 spiro atoms. The van der Waals surface area contributed by atoms with Crippen LogP contribution in [0.2, 0.25) is 0 Å². The highest BCUT2D eigenvalue weighted by molar-refractivity contribution is 5.70. The number of hydrogen-bond acceptors (Lipinski definition) is 12. The number of nitrogens with one attached hydrogen (secondary N) is 2. The summed E-state index contributed by atoms with van der Waals surface area (Å²) in [4.78, 5) is 20.8. The van der Waals surface area contributed by atoms with Gasteiger partial charge in [0, 0.05) is 55.4 Å². The largest absolute Gasteiger partial charge is 0.394 e. The Hall–Kier alpha value is -3.89. The standard InChI is InChI=1S/C30H38N8O4/c1-20-23(15-22(17-33-20)34-27(40)21-4-7-32-25(14-21)29(2,3)18-31)24-16-26(38-8-12-42-13-9-38)36-28(35-24)37-30(19-39)5-10-41-11-6-30/h4,7,14-17,27,34,39-40H,5-6,8-13,19H2,1-3H3,(H,35,36,37). The van der Waals surface area contributed by atoms with Crippen molar-refractivity contribution in [3.63, 3.8) is 0 Å². The monoisotopic (exact) mass is 574 g/mol. The molecule has 5 heterocycles. The molecule has 222 valence electrons.